The number of hydrogen-bond acceptors (Lipinski definition) is 11. The van der Waals surface area contributed by atoms with Gasteiger partial charge in [-0.3, -0.25) is 43.8 Å². The highest BCUT2D eigenvalue weighted by molar-refractivity contribution is 7.90. The van der Waals surface area contributed by atoms with Crippen molar-refractivity contribution in [3.8, 4) is 11.1 Å². The number of imide groups is 2. The first kappa shape index (κ1) is 41.4. The summed E-state index contributed by atoms with van der Waals surface area (Å²) in [5.74, 6) is -5.73. The van der Waals surface area contributed by atoms with Gasteiger partial charge in [-0.05, 0) is 66.9 Å². The Kier molecular flexibility index (Phi) is 10.3. The van der Waals surface area contributed by atoms with Crippen LogP contribution in [0.5, 0.6) is 0 Å². The largest absolute Gasteiger partial charge is 0.369 e. The number of nitrogens with one attached hydrogen (secondary N) is 3. The van der Waals surface area contributed by atoms with Crippen LogP contribution in [0.4, 0.5) is 30.2 Å². The highest BCUT2D eigenvalue weighted by atomic mass is 32.2. The first-order chi connectivity index (χ1) is 30.7. The van der Waals surface area contributed by atoms with Gasteiger partial charge >= 0.3 is 10.2 Å². The summed E-state index contributed by atoms with van der Waals surface area (Å²) in [6, 6.07) is 15.7. The minimum absolute atomic E-state index is 0.00590. The van der Waals surface area contributed by atoms with Crippen LogP contribution in [0.25, 0.3) is 22.2 Å². The van der Waals surface area contributed by atoms with Crippen LogP contribution < -0.4 is 19.8 Å². The van der Waals surface area contributed by atoms with Crippen LogP contribution in [-0.4, -0.2) is 133 Å². The molecule has 1 unspecified atom stereocenters. The van der Waals surface area contributed by atoms with Gasteiger partial charge in [0.05, 0.1) is 22.4 Å². The number of halogens is 3. The molecule has 5 aliphatic heterocycles. The van der Waals surface area contributed by atoms with E-state index in [1.54, 1.807) is 24.4 Å². The van der Waals surface area contributed by atoms with Gasteiger partial charge in [0.15, 0.2) is 5.82 Å². The average molecular weight is 896 g/mol. The van der Waals surface area contributed by atoms with E-state index in [2.05, 4.69) is 30.0 Å². The van der Waals surface area contributed by atoms with Gasteiger partial charge in [-0.2, -0.15) is 12.7 Å². The van der Waals surface area contributed by atoms with E-state index in [1.165, 1.54) is 6.20 Å². The SMILES string of the molecule is O=C1CCC(N2C(=O)c3ccc(N4CC(N5CCN(c6ccc(-c7cnc8[nH]cc(C(=O)c9c(F)ccc(NS(=O)(=O)N%10CC[C@@H](F)C%10)c9F)c8c7)cc6)CC5)C4)cc3C2=O)C(=O)N1. The average Bonchev–Trinajstić information content (AvgIpc) is 3.97. The van der Waals surface area contributed by atoms with Crippen molar-refractivity contribution in [1.29, 1.82) is 0 Å². The number of aromatic nitrogens is 2. The second-order valence-electron chi connectivity index (χ2n) is 16.6. The number of rotatable bonds is 10. The van der Waals surface area contributed by atoms with Crippen LogP contribution in [-0.2, 0) is 19.8 Å². The molecule has 3 aromatic carbocycles. The molecule has 0 radical (unpaired) electrons. The molecule has 2 aromatic heterocycles. The number of aromatic amines is 1. The molecular formula is C44H40F3N9O7S. The number of amides is 4. The van der Waals surface area contributed by atoms with E-state index in [1.807, 2.05) is 35.1 Å². The third kappa shape index (κ3) is 7.24. The van der Waals surface area contributed by atoms with E-state index >= 15 is 8.78 Å². The van der Waals surface area contributed by atoms with E-state index in [9.17, 15) is 36.8 Å². The van der Waals surface area contributed by atoms with Crippen molar-refractivity contribution in [2.45, 2.75) is 37.5 Å². The molecule has 2 atom stereocenters. The highest BCUT2D eigenvalue weighted by Crippen LogP contribution is 2.35. The standard InChI is InChI=1S/C44H40F3N9O7S/c45-26-11-12-55(21-26)64(62,63)51-35-8-7-34(46)38(39(35)47)40(58)33-20-49-41-31(33)17-25(19-48-41)24-1-3-27(4-2-24)52-13-15-53(16-14-52)29-22-54(23-29)28-5-6-30-32(18-28)44(61)56(43(30)60)36-9-10-37(57)50-42(36)59/h1-8,17-20,26,29,36,51H,9-16,21-23H2,(H,48,49)(H,50,57,59)/t26-,36?/m1/s1. The lowest BCUT2D eigenvalue weighted by Crippen LogP contribution is -2.63. The fourth-order valence-corrected chi connectivity index (χ4v) is 10.5. The molecule has 4 fully saturated rings. The Morgan fingerprint density at radius 3 is 2.25 bits per heavy atom. The molecule has 0 spiro atoms. The predicted molar refractivity (Wildman–Crippen MR) is 228 cm³/mol. The van der Waals surface area contributed by atoms with Crippen molar-refractivity contribution < 1.29 is 45.6 Å². The third-order valence-corrected chi connectivity index (χ3v) is 14.3. The second kappa shape index (κ2) is 15.9. The number of alkyl halides is 1. The molecular weight excluding hydrogens is 856 g/mol. The topological polar surface area (TPSA) is 188 Å². The number of fused-ring (bicyclic) bond motifs is 2. The van der Waals surface area contributed by atoms with Gasteiger partial charge in [-0.15, -0.1) is 0 Å². The number of anilines is 3. The number of benzene rings is 3. The van der Waals surface area contributed by atoms with Crippen molar-refractivity contribution in [3.63, 3.8) is 0 Å². The molecule has 0 bridgehead atoms. The van der Waals surface area contributed by atoms with Crippen LogP contribution in [0, 0.1) is 11.6 Å². The molecule has 4 saturated heterocycles. The highest BCUT2D eigenvalue weighted by Gasteiger charge is 2.45. The zero-order valence-corrected chi connectivity index (χ0v) is 34.8. The first-order valence-electron chi connectivity index (χ1n) is 20.9. The zero-order valence-electron chi connectivity index (χ0n) is 34.0. The molecule has 16 nitrogen and oxygen atoms in total. The first-order valence-corrected chi connectivity index (χ1v) is 22.3. The monoisotopic (exact) mass is 895 g/mol. The van der Waals surface area contributed by atoms with Gasteiger partial charge in [0.2, 0.25) is 17.6 Å². The lowest BCUT2D eigenvalue weighted by atomic mass is 9.99. The molecule has 5 aromatic rings. The summed E-state index contributed by atoms with van der Waals surface area (Å²) in [4.78, 5) is 79.4. The summed E-state index contributed by atoms with van der Waals surface area (Å²) in [5.41, 5.74) is 2.43. The number of carbonyl (C=O) groups is 5. The van der Waals surface area contributed by atoms with Gasteiger partial charge in [0.1, 0.15) is 23.7 Å². The molecule has 0 saturated carbocycles. The Morgan fingerprint density at radius 1 is 0.797 bits per heavy atom. The summed E-state index contributed by atoms with van der Waals surface area (Å²) < 4.78 is 73.0. The molecule has 330 valence electrons. The van der Waals surface area contributed by atoms with Crippen molar-refractivity contribution in [3.05, 3.63) is 107 Å². The van der Waals surface area contributed by atoms with Crippen LogP contribution in [0.3, 0.4) is 0 Å². The quantitative estimate of drug-likeness (QED) is 0.137. The number of ketones is 1. The summed E-state index contributed by atoms with van der Waals surface area (Å²) in [6.45, 7) is 4.23. The van der Waals surface area contributed by atoms with E-state index in [-0.39, 0.29) is 42.5 Å². The van der Waals surface area contributed by atoms with E-state index < -0.39 is 81.3 Å². The number of pyridine rings is 1. The molecule has 10 rings (SSSR count). The second-order valence-corrected chi connectivity index (χ2v) is 18.3. The normalized spacial score (nSPS) is 21.1. The molecule has 0 aliphatic carbocycles. The van der Waals surface area contributed by atoms with Gasteiger partial charge in [0, 0.05) is 105 Å². The Morgan fingerprint density at radius 2 is 1.53 bits per heavy atom. The number of carbonyl (C=O) groups excluding carboxylic acids is 5. The molecule has 3 N–H and O–H groups in total. The molecule has 4 amide bonds. The molecule has 5 aliphatic rings. The maximum Gasteiger partial charge on any atom is 0.301 e. The van der Waals surface area contributed by atoms with E-state index in [4.69, 9.17) is 0 Å². The Hall–Kier alpha value is -6.64. The van der Waals surface area contributed by atoms with Crippen molar-refractivity contribution in [2.24, 2.45) is 0 Å². The number of H-pyrrole nitrogens is 1. The Balaban J connectivity index is 0.763. The van der Waals surface area contributed by atoms with E-state index in [0.29, 0.717) is 22.6 Å². The summed E-state index contributed by atoms with van der Waals surface area (Å²) in [5, 5.41) is 2.53. The van der Waals surface area contributed by atoms with Crippen LogP contribution in [0.2, 0.25) is 0 Å². The van der Waals surface area contributed by atoms with E-state index in [0.717, 1.165) is 77.5 Å². The van der Waals surface area contributed by atoms with Crippen molar-refractivity contribution in [2.75, 3.05) is 66.9 Å². The fraction of sp³-hybridized carbons (Fsp3) is 0.318. The van der Waals surface area contributed by atoms with Crippen molar-refractivity contribution >= 4 is 67.7 Å². The Bertz CT molecular complexity index is 2900. The lowest BCUT2D eigenvalue weighted by molar-refractivity contribution is -0.136. The maximum absolute atomic E-state index is 15.7. The maximum atomic E-state index is 15.7. The van der Waals surface area contributed by atoms with Crippen LogP contribution >= 0.6 is 0 Å². The van der Waals surface area contributed by atoms with Gasteiger partial charge in [-0.1, -0.05) is 12.1 Å². The smallest absolute Gasteiger partial charge is 0.301 e. The summed E-state index contributed by atoms with van der Waals surface area (Å²) in [7, 11) is -4.37. The zero-order chi connectivity index (χ0) is 44.6. The molecule has 64 heavy (non-hydrogen) atoms. The van der Waals surface area contributed by atoms with Crippen LogP contribution in [0.1, 0.15) is 55.9 Å². The van der Waals surface area contributed by atoms with Gasteiger partial charge < -0.3 is 14.8 Å². The van der Waals surface area contributed by atoms with Gasteiger partial charge in [-0.25, -0.2) is 18.2 Å². The molecule has 20 heteroatoms. The summed E-state index contributed by atoms with van der Waals surface area (Å²) in [6.07, 6.45) is 1.71. The van der Waals surface area contributed by atoms with Gasteiger partial charge in [0.25, 0.3) is 11.8 Å². The van der Waals surface area contributed by atoms with Crippen LogP contribution in [0.15, 0.2) is 73.1 Å². The number of nitrogens with zero attached hydrogens (tertiary/aromatic N) is 6. The third-order valence-electron chi connectivity index (χ3n) is 12.8. The lowest BCUT2D eigenvalue weighted by Gasteiger charge is -2.49. The molecule has 7 heterocycles. The fourth-order valence-electron chi connectivity index (χ4n) is 9.20. The number of hydrogen-bond donors (Lipinski definition) is 3. The number of piperidine rings is 1. The minimum Gasteiger partial charge on any atom is -0.369 e. The summed E-state index contributed by atoms with van der Waals surface area (Å²) >= 11 is 0. The Labute approximate surface area is 364 Å². The number of piperazine rings is 1. The van der Waals surface area contributed by atoms with Crippen molar-refractivity contribution in [1.82, 2.24) is 29.4 Å². The predicted octanol–water partition coefficient (Wildman–Crippen LogP) is 3.85. The minimum atomic E-state index is -4.37.